The maximum Gasteiger partial charge on any atom is 0.261 e. The Bertz CT molecular complexity index is 563. The third-order valence-electron chi connectivity index (χ3n) is 2.32. The molecule has 100 valence electrons. The number of carbonyl (C=O) groups is 2. The van der Waals surface area contributed by atoms with Crippen molar-refractivity contribution in [3.05, 3.63) is 33.5 Å². The first-order valence-electron chi connectivity index (χ1n) is 5.75. The number of hydrogen-bond acceptors (Lipinski definition) is 5. The van der Waals surface area contributed by atoms with Gasteiger partial charge in [0.2, 0.25) is 5.91 Å². The Labute approximate surface area is 118 Å². The normalized spacial score (nSPS) is 10.2. The first-order chi connectivity index (χ1) is 9.19. The molecule has 0 saturated carbocycles. The van der Waals surface area contributed by atoms with E-state index in [2.05, 4.69) is 15.6 Å². The molecule has 0 radical (unpaired) electrons. The molecule has 2 aromatic heterocycles. The van der Waals surface area contributed by atoms with E-state index < -0.39 is 0 Å². The van der Waals surface area contributed by atoms with E-state index in [1.807, 2.05) is 13.0 Å². The fourth-order valence-corrected chi connectivity index (χ4v) is 2.80. The SMILES string of the molecule is CCc1ccc(C(=O)NCC(=O)Nc2nccs2)s1. The topological polar surface area (TPSA) is 71.1 Å². The largest absolute Gasteiger partial charge is 0.342 e. The summed E-state index contributed by atoms with van der Waals surface area (Å²) in [5, 5.41) is 7.49. The summed E-state index contributed by atoms with van der Waals surface area (Å²) in [6.07, 6.45) is 2.51. The highest BCUT2D eigenvalue weighted by atomic mass is 32.1. The molecule has 0 bridgehead atoms. The lowest BCUT2D eigenvalue weighted by molar-refractivity contribution is -0.115. The molecule has 0 aromatic carbocycles. The molecule has 7 heteroatoms. The van der Waals surface area contributed by atoms with Gasteiger partial charge in [0, 0.05) is 16.5 Å². The van der Waals surface area contributed by atoms with Crippen molar-refractivity contribution in [1.82, 2.24) is 10.3 Å². The first-order valence-corrected chi connectivity index (χ1v) is 7.45. The molecule has 0 unspecified atom stereocenters. The fourth-order valence-electron chi connectivity index (χ4n) is 1.39. The summed E-state index contributed by atoms with van der Waals surface area (Å²) in [6, 6.07) is 3.70. The van der Waals surface area contributed by atoms with Crippen LogP contribution in [0.2, 0.25) is 0 Å². The van der Waals surface area contributed by atoms with Crippen LogP contribution in [0, 0.1) is 0 Å². The average Bonchev–Trinajstić information content (AvgIpc) is 3.06. The molecule has 0 atom stereocenters. The van der Waals surface area contributed by atoms with Gasteiger partial charge in [0.15, 0.2) is 5.13 Å². The Hall–Kier alpha value is -1.73. The monoisotopic (exact) mass is 295 g/mol. The summed E-state index contributed by atoms with van der Waals surface area (Å²) >= 11 is 2.78. The molecular formula is C12H13N3O2S2. The van der Waals surface area contributed by atoms with Crippen molar-refractivity contribution in [2.75, 3.05) is 11.9 Å². The van der Waals surface area contributed by atoms with Gasteiger partial charge in [-0.15, -0.1) is 22.7 Å². The number of anilines is 1. The highest BCUT2D eigenvalue weighted by molar-refractivity contribution is 7.14. The summed E-state index contributed by atoms with van der Waals surface area (Å²) in [7, 11) is 0. The van der Waals surface area contributed by atoms with Crippen molar-refractivity contribution in [1.29, 1.82) is 0 Å². The smallest absolute Gasteiger partial charge is 0.261 e. The Morgan fingerprint density at radius 1 is 1.37 bits per heavy atom. The minimum Gasteiger partial charge on any atom is -0.342 e. The molecule has 0 spiro atoms. The van der Waals surface area contributed by atoms with E-state index in [0.29, 0.717) is 10.0 Å². The minimum atomic E-state index is -0.282. The predicted octanol–water partition coefficient (Wildman–Crippen LogP) is 2.14. The van der Waals surface area contributed by atoms with Gasteiger partial charge in [0.05, 0.1) is 11.4 Å². The van der Waals surface area contributed by atoms with Crippen LogP contribution in [0.3, 0.4) is 0 Å². The van der Waals surface area contributed by atoms with Crippen LogP contribution in [0.25, 0.3) is 0 Å². The summed E-state index contributed by atoms with van der Waals surface area (Å²) in [4.78, 5) is 29.0. The summed E-state index contributed by atoms with van der Waals surface area (Å²) in [6.45, 7) is 1.98. The Morgan fingerprint density at radius 2 is 2.21 bits per heavy atom. The molecule has 19 heavy (non-hydrogen) atoms. The van der Waals surface area contributed by atoms with Crippen LogP contribution in [-0.2, 0) is 11.2 Å². The maximum atomic E-state index is 11.8. The summed E-state index contributed by atoms with van der Waals surface area (Å²) < 4.78 is 0. The van der Waals surface area contributed by atoms with Crippen LogP contribution >= 0.6 is 22.7 Å². The van der Waals surface area contributed by atoms with E-state index in [-0.39, 0.29) is 18.4 Å². The van der Waals surface area contributed by atoms with Gasteiger partial charge >= 0.3 is 0 Å². The average molecular weight is 295 g/mol. The molecule has 2 aromatic rings. The molecule has 0 aliphatic heterocycles. The Morgan fingerprint density at radius 3 is 2.84 bits per heavy atom. The van der Waals surface area contributed by atoms with E-state index >= 15 is 0 Å². The van der Waals surface area contributed by atoms with E-state index in [1.54, 1.807) is 17.6 Å². The molecule has 0 saturated heterocycles. The third kappa shape index (κ3) is 3.87. The predicted molar refractivity (Wildman–Crippen MR) is 76.8 cm³/mol. The number of rotatable bonds is 5. The highest BCUT2D eigenvalue weighted by Gasteiger charge is 2.10. The number of aromatic nitrogens is 1. The number of aryl methyl sites for hydroxylation is 1. The van der Waals surface area contributed by atoms with Crippen LogP contribution < -0.4 is 10.6 Å². The van der Waals surface area contributed by atoms with Crippen molar-refractivity contribution in [3.8, 4) is 0 Å². The van der Waals surface area contributed by atoms with Crippen LogP contribution in [0.4, 0.5) is 5.13 Å². The van der Waals surface area contributed by atoms with Crippen LogP contribution in [0.15, 0.2) is 23.7 Å². The second-order valence-electron chi connectivity index (χ2n) is 3.69. The molecule has 2 N–H and O–H groups in total. The number of hydrogen-bond donors (Lipinski definition) is 2. The van der Waals surface area contributed by atoms with Gasteiger partial charge in [-0.05, 0) is 18.6 Å². The first kappa shape index (κ1) is 13.7. The number of thiazole rings is 1. The zero-order valence-corrected chi connectivity index (χ0v) is 11.9. The van der Waals surface area contributed by atoms with Gasteiger partial charge in [-0.3, -0.25) is 9.59 Å². The molecule has 2 rings (SSSR count). The van der Waals surface area contributed by atoms with Crippen molar-refractivity contribution in [2.45, 2.75) is 13.3 Å². The van der Waals surface area contributed by atoms with Gasteiger partial charge < -0.3 is 10.6 Å². The Kier molecular flexibility index (Phi) is 4.64. The molecule has 0 fully saturated rings. The molecule has 5 nitrogen and oxygen atoms in total. The van der Waals surface area contributed by atoms with E-state index in [9.17, 15) is 9.59 Å². The number of nitrogens with zero attached hydrogens (tertiary/aromatic N) is 1. The van der Waals surface area contributed by atoms with E-state index in [1.165, 1.54) is 22.7 Å². The summed E-state index contributed by atoms with van der Waals surface area (Å²) in [5.74, 6) is -0.505. The lowest BCUT2D eigenvalue weighted by Gasteiger charge is -2.03. The van der Waals surface area contributed by atoms with Crippen LogP contribution in [-0.4, -0.2) is 23.3 Å². The second-order valence-corrected chi connectivity index (χ2v) is 5.75. The molecule has 2 heterocycles. The molecule has 0 aliphatic rings. The van der Waals surface area contributed by atoms with Gasteiger partial charge in [-0.1, -0.05) is 6.92 Å². The molecule has 2 amide bonds. The number of nitrogens with one attached hydrogen (secondary N) is 2. The maximum absolute atomic E-state index is 11.8. The van der Waals surface area contributed by atoms with Crippen molar-refractivity contribution >= 4 is 39.6 Å². The quantitative estimate of drug-likeness (QED) is 0.887. The summed E-state index contributed by atoms with van der Waals surface area (Å²) in [5.41, 5.74) is 0. The molecular weight excluding hydrogens is 282 g/mol. The Balaban J connectivity index is 1.81. The lowest BCUT2D eigenvalue weighted by Crippen LogP contribution is -2.32. The standard InChI is InChI=1S/C12H13N3O2S2/c1-2-8-3-4-9(19-8)11(17)14-7-10(16)15-12-13-5-6-18-12/h3-6H,2,7H2,1H3,(H,14,17)(H,13,15,16). The fraction of sp³-hybridized carbons (Fsp3) is 0.250. The lowest BCUT2D eigenvalue weighted by atomic mass is 10.3. The zero-order chi connectivity index (χ0) is 13.7. The van der Waals surface area contributed by atoms with Gasteiger partial charge in [-0.2, -0.15) is 0 Å². The van der Waals surface area contributed by atoms with Gasteiger partial charge in [0.1, 0.15) is 0 Å². The minimum absolute atomic E-state index is 0.0578. The molecule has 0 aliphatic carbocycles. The van der Waals surface area contributed by atoms with E-state index in [4.69, 9.17) is 0 Å². The van der Waals surface area contributed by atoms with Gasteiger partial charge in [-0.25, -0.2) is 4.98 Å². The van der Waals surface area contributed by atoms with Crippen molar-refractivity contribution in [3.63, 3.8) is 0 Å². The highest BCUT2D eigenvalue weighted by Crippen LogP contribution is 2.16. The third-order valence-corrected chi connectivity index (χ3v) is 4.24. The number of carbonyl (C=O) groups excluding carboxylic acids is 2. The number of amides is 2. The second kappa shape index (κ2) is 6.44. The van der Waals surface area contributed by atoms with Crippen LogP contribution in [0.1, 0.15) is 21.5 Å². The number of thiophene rings is 1. The van der Waals surface area contributed by atoms with Crippen LogP contribution in [0.5, 0.6) is 0 Å². The zero-order valence-electron chi connectivity index (χ0n) is 10.3. The van der Waals surface area contributed by atoms with E-state index in [0.717, 1.165) is 11.3 Å². The van der Waals surface area contributed by atoms with Crippen molar-refractivity contribution < 1.29 is 9.59 Å². The van der Waals surface area contributed by atoms with Crippen molar-refractivity contribution in [2.24, 2.45) is 0 Å². The van der Waals surface area contributed by atoms with Gasteiger partial charge in [0.25, 0.3) is 5.91 Å².